The second kappa shape index (κ2) is 5.93. The summed E-state index contributed by atoms with van der Waals surface area (Å²) in [6.45, 7) is 4.36. The van der Waals surface area contributed by atoms with Gasteiger partial charge in [0.1, 0.15) is 0 Å². The zero-order valence-electron chi connectivity index (χ0n) is 11.1. The fourth-order valence-electron chi connectivity index (χ4n) is 2.13. The highest BCUT2D eigenvalue weighted by Gasteiger charge is 2.10. The minimum atomic E-state index is -0.803. The van der Waals surface area contributed by atoms with Crippen LogP contribution in [0.25, 0.3) is 0 Å². The van der Waals surface area contributed by atoms with Crippen LogP contribution in [0.5, 0.6) is 0 Å². The molecule has 2 aromatic rings. The zero-order chi connectivity index (χ0) is 13.8. The van der Waals surface area contributed by atoms with Crippen molar-refractivity contribution in [2.45, 2.75) is 26.4 Å². The van der Waals surface area contributed by atoms with Gasteiger partial charge in [-0.15, -0.1) is 0 Å². The van der Waals surface area contributed by atoms with Gasteiger partial charge in [-0.05, 0) is 31.0 Å². The van der Waals surface area contributed by atoms with Crippen molar-refractivity contribution in [2.75, 3.05) is 0 Å². The van der Waals surface area contributed by atoms with Crippen LogP contribution in [0.1, 0.15) is 29.7 Å². The summed E-state index contributed by atoms with van der Waals surface area (Å²) in [4.78, 5) is 0. The lowest BCUT2D eigenvalue weighted by molar-refractivity contribution is 0.484. The first-order valence-corrected chi connectivity index (χ1v) is 6.31. The number of halogens is 2. The molecule has 0 aliphatic carbocycles. The van der Waals surface area contributed by atoms with Gasteiger partial charge in [0.05, 0.1) is 0 Å². The maximum absolute atomic E-state index is 13.5. The lowest BCUT2D eigenvalue weighted by Gasteiger charge is -2.16. The van der Waals surface area contributed by atoms with Crippen molar-refractivity contribution in [3.8, 4) is 0 Å². The van der Waals surface area contributed by atoms with Crippen molar-refractivity contribution in [1.29, 1.82) is 0 Å². The minimum absolute atomic E-state index is 0.0869. The topological polar surface area (TPSA) is 12.0 Å². The maximum Gasteiger partial charge on any atom is 0.163 e. The van der Waals surface area contributed by atoms with Crippen molar-refractivity contribution in [3.63, 3.8) is 0 Å². The van der Waals surface area contributed by atoms with Crippen LogP contribution in [-0.4, -0.2) is 0 Å². The van der Waals surface area contributed by atoms with E-state index in [0.717, 1.165) is 6.07 Å². The summed E-state index contributed by atoms with van der Waals surface area (Å²) in [6.07, 6.45) is 0. The third-order valence-electron chi connectivity index (χ3n) is 3.29. The summed E-state index contributed by atoms with van der Waals surface area (Å²) in [5, 5.41) is 3.22. The summed E-state index contributed by atoms with van der Waals surface area (Å²) in [7, 11) is 0. The molecule has 2 aromatic carbocycles. The van der Waals surface area contributed by atoms with Crippen LogP contribution in [0.3, 0.4) is 0 Å². The highest BCUT2D eigenvalue weighted by molar-refractivity contribution is 5.28. The Balaban J connectivity index is 2.07. The van der Waals surface area contributed by atoms with E-state index in [1.165, 1.54) is 17.2 Å². The first kappa shape index (κ1) is 13.7. The summed E-state index contributed by atoms with van der Waals surface area (Å²) in [6, 6.07) is 12.4. The molecule has 0 unspecified atom stereocenters. The molecular formula is C16H17F2N. The number of aryl methyl sites for hydroxylation is 1. The van der Waals surface area contributed by atoms with Gasteiger partial charge >= 0.3 is 0 Å². The Labute approximate surface area is 112 Å². The van der Waals surface area contributed by atoms with Crippen molar-refractivity contribution in [2.24, 2.45) is 0 Å². The lowest BCUT2D eigenvalue weighted by atomic mass is 10.0. The molecule has 0 aromatic heterocycles. The van der Waals surface area contributed by atoms with Crippen molar-refractivity contribution in [1.82, 2.24) is 5.32 Å². The minimum Gasteiger partial charge on any atom is -0.306 e. The van der Waals surface area contributed by atoms with Crippen molar-refractivity contribution in [3.05, 3.63) is 70.8 Å². The Bertz CT molecular complexity index is 566. The molecule has 1 nitrogen and oxygen atoms in total. The molecule has 0 radical (unpaired) electrons. The second-order valence-electron chi connectivity index (χ2n) is 4.67. The van der Waals surface area contributed by atoms with Gasteiger partial charge in [0.25, 0.3) is 0 Å². The van der Waals surface area contributed by atoms with Crippen LogP contribution >= 0.6 is 0 Å². The number of rotatable bonds is 4. The molecule has 1 N–H and O–H groups in total. The highest BCUT2D eigenvalue weighted by Crippen LogP contribution is 2.18. The van der Waals surface area contributed by atoms with Gasteiger partial charge in [-0.1, -0.05) is 36.4 Å². The second-order valence-corrected chi connectivity index (χ2v) is 4.67. The van der Waals surface area contributed by atoms with Gasteiger partial charge in [0.2, 0.25) is 0 Å². The molecule has 0 aliphatic rings. The van der Waals surface area contributed by atoms with E-state index in [1.54, 1.807) is 6.07 Å². The Kier molecular flexibility index (Phi) is 4.27. The van der Waals surface area contributed by atoms with Crippen LogP contribution < -0.4 is 5.32 Å². The smallest absolute Gasteiger partial charge is 0.163 e. The predicted molar refractivity (Wildman–Crippen MR) is 72.8 cm³/mol. The van der Waals surface area contributed by atoms with Gasteiger partial charge in [0.15, 0.2) is 11.6 Å². The summed E-state index contributed by atoms with van der Waals surface area (Å²) in [5.74, 6) is -1.57. The number of hydrogen-bond donors (Lipinski definition) is 1. The molecule has 0 fully saturated rings. The maximum atomic E-state index is 13.5. The Morgan fingerprint density at radius 3 is 2.53 bits per heavy atom. The third kappa shape index (κ3) is 3.18. The molecule has 0 bridgehead atoms. The van der Waals surface area contributed by atoms with Crippen LogP contribution in [0.15, 0.2) is 42.5 Å². The van der Waals surface area contributed by atoms with E-state index in [2.05, 4.69) is 5.32 Å². The summed E-state index contributed by atoms with van der Waals surface area (Å²) in [5.41, 5.74) is 2.70. The van der Waals surface area contributed by atoms with Gasteiger partial charge in [-0.25, -0.2) is 8.78 Å². The van der Waals surface area contributed by atoms with Crippen molar-refractivity contribution < 1.29 is 8.78 Å². The van der Waals surface area contributed by atoms with Gasteiger partial charge < -0.3 is 5.32 Å². The quantitative estimate of drug-likeness (QED) is 0.872. The average Bonchev–Trinajstić information content (AvgIpc) is 2.40. The highest BCUT2D eigenvalue weighted by atomic mass is 19.2. The third-order valence-corrected chi connectivity index (χ3v) is 3.29. The molecule has 0 saturated heterocycles. The van der Waals surface area contributed by atoms with Gasteiger partial charge in [-0.2, -0.15) is 0 Å². The number of hydrogen-bond acceptors (Lipinski definition) is 1. The lowest BCUT2D eigenvalue weighted by Crippen LogP contribution is -2.19. The molecular weight excluding hydrogens is 244 g/mol. The SMILES string of the molecule is Cc1ccccc1[C@@H](C)NCc1cccc(F)c1F. The van der Waals surface area contributed by atoms with E-state index < -0.39 is 11.6 Å². The van der Waals surface area contributed by atoms with Gasteiger partial charge in [-0.3, -0.25) is 0 Å². The van der Waals surface area contributed by atoms with E-state index in [0.29, 0.717) is 12.1 Å². The molecule has 0 heterocycles. The Morgan fingerprint density at radius 2 is 1.79 bits per heavy atom. The average molecular weight is 261 g/mol. The van der Waals surface area contributed by atoms with Crippen LogP contribution in [-0.2, 0) is 6.54 Å². The molecule has 19 heavy (non-hydrogen) atoms. The van der Waals surface area contributed by atoms with E-state index in [-0.39, 0.29) is 6.04 Å². The first-order chi connectivity index (χ1) is 9.09. The molecule has 0 saturated carbocycles. The van der Waals surface area contributed by atoms with E-state index in [1.807, 2.05) is 38.1 Å². The molecule has 1 atom stereocenters. The molecule has 0 spiro atoms. The fourth-order valence-corrected chi connectivity index (χ4v) is 2.13. The first-order valence-electron chi connectivity index (χ1n) is 6.31. The molecule has 2 rings (SSSR count). The zero-order valence-corrected chi connectivity index (χ0v) is 11.1. The van der Waals surface area contributed by atoms with Gasteiger partial charge in [0, 0.05) is 18.2 Å². The summed E-state index contributed by atoms with van der Waals surface area (Å²) >= 11 is 0. The van der Waals surface area contributed by atoms with E-state index >= 15 is 0 Å². The standard InChI is InChI=1S/C16H17F2N/c1-11-6-3-4-8-14(11)12(2)19-10-13-7-5-9-15(17)16(13)18/h3-9,12,19H,10H2,1-2H3/t12-/m1/s1. The van der Waals surface area contributed by atoms with E-state index in [4.69, 9.17) is 0 Å². The van der Waals surface area contributed by atoms with Crippen LogP contribution in [0.4, 0.5) is 8.78 Å². The van der Waals surface area contributed by atoms with Crippen molar-refractivity contribution >= 4 is 0 Å². The number of nitrogens with one attached hydrogen (secondary N) is 1. The molecule has 100 valence electrons. The molecule has 0 aliphatic heterocycles. The fraction of sp³-hybridized carbons (Fsp3) is 0.250. The Hall–Kier alpha value is -1.74. The van der Waals surface area contributed by atoms with Crippen LogP contribution in [0.2, 0.25) is 0 Å². The van der Waals surface area contributed by atoms with E-state index in [9.17, 15) is 8.78 Å². The van der Waals surface area contributed by atoms with Crippen LogP contribution in [0, 0.1) is 18.6 Å². The Morgan fingerprint density at radius 1 is 1.05 bits per heavy atom. The largest absolute Gasteiger partial charge is 0.306 e. The predicted octanol–water partition coefficient (Wildman–Crippen LogP) is 4.12. The number of benzene rings is 2. The summed E-state index contributed by atoms with van der Waals surface area (Å²) < 4.78 is 26.6. The molecule has 0 amide bonds. The monoisotopic (exact) mass is 261 g/mol. The normalized spacial score (nSPS) is 12.4. The molecule has 3 heteroatoms.